The predicted octanol–water partition coefficient (Wildman–Crippen LogP) is 5.15. The van der Waals surface area contributed by atoms with Gasteiger partial charge in [-0.2, -0.15) is 4.31 Å². The molecule has 0 N–H and O–H groups in total. The Morgan fingerprint density at radius 2 is 1.34 bits per heavy atom. The maximum Gasteiger partial charge on any atom is 0.246 e. The van der Waals surface area contributed by atoms with Gasteiger partial charge in [0.2, 0.25) is 15.9 Å². The van der Waals surface area contributed by atoms with E-state index in [0.717, 1.165) is 18.7 Å². The van der Waals surface area contributed by atoms with Crippen LogP contribution in [0, 0.1) is 5.92 Å². The number of rotatable bonds is 8. The summed E-state index contributed by atoms with van der Waals surface area (Å²) in [5.74, 6) is 0.553. The van der Waals surface area contributed by atoms with Gasteiger partial charge >= 0.3 is 0 Å². The molecule has 0 spiro atoms. The van der Waals surface area contributed by atoms with E-state index in [4.69, 9.17) is 4.74 Å². The molecule has 2 heterocycles. The Labute approximate surface area is 244 Å². The summed E-state index contributed by atoms with van der Waals surface area (Å²) in [6.45, 7) is 7.67. The van der Waals surface area contributed by atoms with Crippen molar-refractivity contribution in [2.75, 3.05) is 46.4 Å². The molecule has 0 aliphatic carbocycles. The third kappa shape index (κ3) is 6.35. The lowest BCUT2D eigenvalue weighted by Gasteiger charge is -2.41. The van der Waals surface area contributed by atoms with Crippen molar-refractivity contribution in [3.05, 3.63) is 95.6 Å². The standard InChI is InChI=1S/C33H41N3O4S/c1-25(2)29-14-15-30(40-3)31(24-29)41(38,39)36-18-16-28(17-19-36)33(37)35-22-20-34(21-23-35)32(26-10-6-4-7-11-26)27-12-8-5-9-13-27/h4-15,24-25,28,32H,16-23H2,1-3H3. The number of nitrogens with zero attached hydrogens (tertiary/aromatic N) is 3. The summed E-state index contributed by atoms with van der Waals surface area (Å²) in [7, 11) is -2.23. The third-order valence-corrected chi connectivity index (χ3v) is 10.4. The topological polar surface area (TPSA) is 70.2 Å². The second kappa shape index (κ2) is 12.8. The molecule has 0 saturated carbocycles. The highest BCUT2D eigenvalue weighted by Gasteiger charge is 2.36. The van der Waals surface area contributed by atoms with Crippen molar-refractivity contribution in [3.8, 4) is 5.75 Å². The highest BCUT2D eigenvalue weighted by Crippen LogP contribution is 2.34. The number of methoxy groups -OCH3 is 1. The Bertz CT molecular complexity index is 1370. The molecule has 3 aromatic carbocycles. The molecular formula is C33H41N3O4S. The van der Waals surface area contributed by atoms with E-state index in [9.17, 15) is 13.2 Å². The average Bonchev–Trinajstić information content (AvgIpc) is 3.02. The summed E-state index contributed by atoms with van der Waals surface area (Å²) in [6.07, 6.45) is 1.06. The molecule has 0 atom stereocenters. The summed E-state index contributed by atoms with van der Waals surface area (Å²) >= 11 is 0. The van der Waals surface area contributed by atoms with Gasteiger partial charge in [-0.3, -0.25) is 9.69 Å². The van der Waals surface area contributed by atoms with Crippen molar-refractivity contribution >= 4 is 15.9 Å². The van der Waals surface area contributed by atoms with Crippen molar-refractivity contribution < 1.29 is 17.9 Å². The Morgan fingerprint density at radius 3 is 1.85 bits per heavy atom. The minimum Gasteiger partial charge on any atom is -0.495 e. The van der Waals surface area contributed by atoms with Crippen molar-refractivity contribution in [3.63, 3.8) is 0 Å². The van der Waals surface area contributed by atoms with Crippen molar-refractivity contribution in [2.24, 2.45) is 5.92 Å². The second-order valence-corrected chi connectivity index (χ2v) is 13.2. The molecule has 2 aliphatic heterocycles. The van der Waals surface area contributed by atoms with Crippen molar-refractivity contribution in [2.45, 2.75) is 43.5 Å². The first-order valence-electron chi connectivity index (χ1n) is 14.6. The van der Waals surface area contributed by atoms with Gasteiger partial charge < -0.3 is 9.64 Å². The van der Waals surface area contributed by atoms with Crippen LogP contribution in [0.15, 0.2) is 83.8 Å². The normalized spacial score (nSPS) is 17.7. The van der Waals surface area contributed by atoms with Gasteiger partial charge in [-0.15, -0.1) is 0 Å². The van der Waals surface area contributed by atoms with Crippen LogP contribution in [0.25, 0.3) is 0 Å². The van der Waals surface area contributed by atoms with E-state index >= 15 is 0 Å². The van der Waals surface area contributed by atoms with Gasteiger partial charge in [-0.1, -0.05) is 80.6 Å². The lowest BCUT2D eigenvalue weighted by Crippen LogP contribution is -2.52. The summed E-state index contributed by atoms with van der Waals surface area (Å²) in [6, 6.07) is 26.6. The van der Waals surface area contributed by atoms with E-state index in [1.807, 2.05) is 36.9 Å². The molecule has 7 nitrogen and oxygen atoms in total. The molecule has 2 saturated heterocycles. The van der Waals surface area contributed by atoms with Gasteiger partial charge in [0.1, 0.15) is 10.6 Å². The van der Waals surface area contributed by atoms with E-state index in [-0.39, 0.29) is 28.7 Å². The first-order valence-corrected chi connectivity index (χ1v) is 16.0. The van der Waals surface area contributed by atoms with Gasteiger partial charge in [-0.05, 0) is 47.6 Å². The number of ether oxygens (including phenoxy) is 1. The largest absolute Gasteiger partial charge is 0.495 e. The number of hydrogen-bond acceptors (Lipinski definition) is 5. The van der Waals surface area contributed by atoms with E-state index in [2.05, 4.69) is 53.4 Å². The van der Waals surface area contributed by atoms with Crippen molar-refractivity contribution in [1.82, 2.24) is 14.1 Å². The Morgan fingerprint density at radius 1 is 0.780 bits per heavy atom. The Kier molecular flexibility index (Phi) is 9.12. The summed E-state index contributed by atoms with van der Waals surface area (Å²) in [4.78, 5) is 18.2. The maximum absolute atomic E-state index is 13.6. The number of carbonyl (C=O) groups is 1. The van der Waals surface area contributed by atoms with Gasteiger partial charge in [-0.25, -0.2) is 8.42 Å². The number of amides is 1. The zero-order chi connectivity index (χ0) is 29.0. The monoisotopic (exact) mass is 575 g/mol. The number of carbonyl (C=O) groups excluding carboxylic acids is 1. The molecule has 0 bridgehead atoms. The van der Waals surface area contributed by atoms with Crippen LogP contribution in [0.3, 0.4) is 0 Å². The van der Waals surface area contributed by atoms with E-state index in [1.165, 1.54) is 22.5 Å². The van der Waals surface area contributed by atoms with Crippen LogP contribution in [0.5, 0.6) is 5.75 Å². The smallest absolute Gasteiger partial charge is 0.246 e. The van der Waals surface area contributed by atoms with Crippen LogP contribution < -0.4 is 4.74 Å². The van der Waals surface area contributed by atoms with E-state index in [0.29, 0.717) is 44.8 Å². The molecule has 218 valence electrons. The number of piperidine rings is 1. The summed E-state index contributed by atoms with van der Waals surface area (Å²) < 4.78 is 34.1. The average molecular weight is 576 g/mol. The zero-order valence-corrected chi connectivity index (χ0v) is 25.1. The molecule has 0 unspecified atom stereocenters. The van der Waals surface area contributed by atoms with Crippen LogP contribution in [-0.4, -0.2) is 74.8 Å². The van der Waals surface area contributed by atoms with Gasteiger partial charge in [0.25, 0.3) is 0 Å². The maximum atomic E-state index is 13.6. The fourth-order valence-electron chi connectivity index (χ4n) is 6.08. The van der Waals surface area contributed by atoms with Crippen molar-refractivity contribution in [1.29, 1.82) is 0 Å². The molecule has 0 aromatic heterocycles. The molecule has 3 aromatic rings. The lowest BCUT2D eigenvalue weighted by molar-refractivity contribution is -0.138. The predicted molar refractivity (Wildman–Crippen MR) is 161 cm³/mol. The van der Waals surface area contributed by atoms with Gasteiger partial charge in [0.05, 0.1) is 13.2 Å². The molecule has 5 rings (SSSR count). The molecule has 1 amide bonds. The fraction of sp³-hybridized carbons (Fsp3) is 0.424. The summed E-state index contributed by atoms with van der Waals surface area (Å²) in [5.41, 5.74) is 3.46. The Hall–Kier alpha value is -3.20. The van der Waals surface area contributed by atoms with E-state index in [1.54, 1.807) is 12.1 Å². The summed E-state index contributed by atoms with van der Waals surface area (Å²) in [5, 5.41) is 0. The highest BCUT2D eigenvalue weighted by atomic mass is 32.2. The molecular weight excluding hydrogens is 534 g/mol. The van der Waals surface area contributed by atoms with Crippen LogP contribution in [0.4, 0.5) is 0 Å². The zero-order valence-electron chi connectivity index (χ0n) is 24.3. The van der Waals surface area contributed by atoms with Crippen LogP contribution >= 0.6 is 0 Å². The number of benzene rings is 3. The van der Waals surface area contributed by atoms with E-state index < -0.39 is 10.0 Å². The minimum absolute atomic E-state index is 0.147. The third-order valence-electron chi connectivity index (χ3n) is 8.50. The van der Waals surface area contributed by atoms with Crippen LogP contribution in [-0.2, 0) is 14.8 Å². The molecule has 2 fully saturated rings. The first-order chi connectivity index (χ1) is 19.8. The van der Waals surface area contributed by atoms with Crippen LogP contribution in [0.2, 0.25) is 0 Å². The van der Waals surface area contributed by atoms with Crippen LogP contribution in [0.1, 0.15) is 55.3 Å². The number of sulfonamides is 1. The molecule has 2 aliphatic rings. The quantitative estimate of drug-likeness (QED) is 0.372. The Balaban J connectivity index is 1.21. The molecule has 8 heteroatoms. The molecule has 0 radical (unpaired) electrons. The SMILES string of the molecule is COc1ccc(C(C)C)cc1S(=O)(=O)N1CCC(C(=O)N2CCN(C(c3ccccc3)c3ccccc3)CC2)CC1. The minimum atomic E-state index is -3.73. The molecule has 41 heavy (non-hydrogen) atoms. The number of hydrogen-bond donors (Lipinski definition) is 0. The number of piperazine rings is 1. The first kappa shape index (κ1) is 29.3. The van der Waals surface area contributed by atoms with Gasteiger partial charge in [0.15, 0.2) is 0 Å². The lowest BCUT2D eigenvalue weighted by atomic mass is 9.95. The fourth-order valence-corrected chi connectivity index (χ4v) is 7.74. The second-order valence-electron chi connectivity index (χ2n) is 11.3. The highest BCUT2D eigenvalue weighted by molar-refractivity contribution is 7.89. The van der Waals surface area contributed by atoms with Gasteiger partial charge in [0, 0.05) is 45.2 Å².